The molecule has 1 aliphatic rings. The van der Waals surface area contributed by atoms with Gasteiger partial charge in [0.15, 0.2) is 0 Å². The van der Waals surface area contributed by atoms with Crippen molar-refractivity contribution in [3.05, 3.63) is 21.3 Å². The third kappa shape index (κ3) is 2.61. The van der Waals surface area contributed by atoms with Crippen LogP contribution in [-0.4, -0.2) is 12.6 Å². The Kier molecular flexibility index (Phi) is 3.93. The normalized spacial score (nSPS) is 29.8. The molecule has 0 amide bonds. The number of hydrogen-bond donors (Lipinski definition) is 1. The smallest absolute Gasteiger partial charge is 0.0931 e. The Morgan fingerprint density at radius 1 is 1.56 bits per heavy atom. The van der Waals surface area contributed by atoms with E-state index in [4.69, 9.17) is 11.6 Å². The van der Waals surface area contributed by atoms with Gasteiger partial charge in [-0.15, -0.1) is 11.3 Å². The Bertz CT molecular complexity index is 349. The van der Waals surface area contributed by atoms with Crippen LogP contribution in [0.3, 0.4) is 0 Å². The fourth-order valence-corrected chi connectivity index (χ4v) is 3.85. The third-order valence-electron chi connectivity index (χ3n) is 3.59. The number of nitrogens with one attached hydrogen (secondary N) is 1. The first-order valence-electron chi connectivity index (χ1n) is 6.13. The number of rotatable bonds is 4. The summed E-state index contributed by atoms with van der Waals surface area (Å²) in [5.74, 6) is 0. The molecule has 2 unspecified atom stereocenters. The van der Waals surface area contributed by atoms with Crippen molar-refractivity contribution < 1.29 is 0 Å². The van der Waals surface area contributed by atoms with Crippen molar-refractivity contribution in [2.24, 2.45) is 0 Å². The van der Waals surface area contributed by atoms with Gasteiger partial charge in [-0.25, -0.2) is 0 Å². The van der Waals surface area contributed by atoms with E-state index in [1.54, 1.807) is 11.3 Å². The van der Waals surface area contributed by atoms with Crippen LogP contribution in [0.15, 0.2) is 12.1 Å². The van der Waals surface area contributed by atoms with Crippen LogP contribution in [0, 0.1) is 0 Å². The molecular weight excluding hydrogens is 238 g/mol. The SMILES string of the molecule is CCCNC1CCC(C)(c2ccc(Cl)s2)C1. The number of thiophene rings is 1. The van der Waals surface area contributed by atoms with E-state index in [1.807, 2.05) is 6.07 Å². The molecule has 1 aromatic rings. The van der Waals surface area contributed by atoms with Gasteiger partial charge in [-0.05, 0) is 44.4 Å². The third-order valence-corrected chi connectivity index (χ3v) is 5.13. The van der Waals surface area contributed by atoms with E-state index in [0.717, 1.165) is 10.9 Å². The lowest BCUT2D eigenvalue weighted by Gasteiger charge is -2.22. The first kappa shape index (κ1) is 12.4. The Morgan fingerprint density at radius 2 is 2.38 bits per heavy atom. The van der Waals surface area contributed by atoms with E-state index in [-0.39, 0.29) is 0 Å². The zero-order valence-corrected chi connectivity index (χ0v) is 11.6. The minimum atomic E-state index is 0.350. The summed E-state index contributed by atoms with van der Waals surface area (Å²) in [5.41, 5.74) is 0.350. The molecule has 0 spiro atoms. The van der Waals surface area contributed by atoms with Crippen LogP contribution in [0.2, 0.25) is 4.34 Å². The average molecular weight is 258 g/mol. The maximum absolute atomic E-state index is 6.02. The van der Waals surface area contributed by atoms with Crippen molar-refractivity contribution >= 4 is 22.9 Å². The largest absolute Gasteiger partial charge is 0.314 e. The monoisotopic (exact) mass is 257 g/mol. The molecular formula is C13H20ClNS. The molecule has 0 bridgehead atoms. The number of hydrogen-bond acceptors (Lipinski definition) is 2. The minimum absolute atomic E-state index is 0.350. The van der Waals surface area contributed by atoms with Gasteiger partial charge in [0.2, 0.25) is 0 Å². The molecule has 0 aromatic carbocycles. The molecule has 1 heterocycles. The molecule has 0 radical (unpaired) electrons. The van der Waals surface area contributed by atoms with Gasteiger partial charge in [0.05, 0.1) is 4.34 Å². The summed E-state index contributed by atoms with van der Waals surface area (Å²) in [4.78, 5) is 1.46. The molecule has 16 heavy (non-hydrogen) atoms. The quantitative estimate of drug-likeness (QED) is 0.852. The lowest BCUT2D eigenvalue weighted by molar-refractivity contribution is 0.459. The van der Waals surface area contributed by atoms with Gasteiger partial charge in [0, 0.05) is 16.3 Å². The fraction of sp³-hybridized carbons (Fsp3) is 0.692. The summed E-state index contributed by atoms with van der Waals surface area (Å²) in [6.45, 7) is 5.74. The van der Waals surface area contributed by atoms with E-state index in [9.17, 15) is 0 Å². The van der Waals surface area contributed by atoms with Gasteiger partial charge in [-0.3, -0.25) is 0 Å². The van der Waals surface area contributed by atoms with Crippen molar-refractivity contribution in [1.82, 2.24) is 5.32 Å². The lowest BCUT2D eigenvalue weighted by Crippen LogP contribution is -2.29. The molecule has 1 nitrogen and oxygen atoms in total. The molecule has 2 rings (SSSR count). The second kappa shape index (κ2) is 5.07. The highest BCUT2D eigenvalue weighted by atomic mass is 35.5. The highest BCUT2D eigenvalue weighted by molar-refractivity contribution is 7.16. The zero-order chi connectivity index (χ0) is 11.6. The van der Waals surface area contributed by atoms with E-state index in [2.05, 4.69) is 25.2 Å². The summed E-state index contributed by atoms with van der Waals surface area (Å²) in [5, 5.41) is 3.63. The summed E-state index contributed by atoms with van der Waals surface area (Å²) in [7, 11) is 0. The highest BCUT2D eigenvalue weighted by Gasteiger charge is 2.37. The molecule has 1 N–H and O–H groups in total. The average Bonchev–Trinajstić information content (AvgIpc) is 2.83. The Hall–Kier alpha value is -0.0500. The van der Waals surface area contributed by atoms with Crippen LogP contribution in [0.4, 0.5) is 0 Å². The summed E-state index contributed by atoms with van der Waals surface area (Å²) in [6.07, 6.45) is 5.05. The van der Waals surface area contributed by atoms with Gasteiger partial charge in [-0.2, -0.15) is 0 Å². The summed E-state index contributed by atoms with van der Waals surface area (Å²) in [6, 6.07) is 4.93. The van der Waals surface area contributed by atoms with Gasteiger partial charge >= 0.3 is 0 Å². The molecule has 1 fully saturated rings. The van der Waals surface area contributed by atoms with Crippen molar-refractivity contribution in [2.45, 2.75) is 51.0 Å². The standard InChI is InChI=1S/C13H20ClNS/c1-3-8-15-10-6-7-13(2,9-10)11-4-5-12(14)16-11/h4-5,10,15H,3,6-9H2,1-2H3. The van der Waals surface area contributed by atoms with Crippen molar-refractivity contribution in [3.8, 4) is 0 Å². The topological polar surface area (TPSA) is 12.0 Å². The predicted octanol–water partition coefficient (Wildman–Crippen LogP) is 4.21. The highest BCUT2D eigenvalue weighted by Crippen LogP contribution is 2.44. The van der Waals surface area contributed by atoms with Crippen LogP contribution < -0.4 is 5.32 Å². The van der Waals surface area contributed by atoms with E-state index >= 15 is 0 Å². The van der Waals surface area contributed by atoms with Crippen LogP contribution in [0.25, 0.3) is 0 Å². The zero-order valence-electron chi connectivity index (χ0n) is 10.1. The van der Waals surface area contributed by atoms with Crippen molar-refractivity contribution in [1.29, 1.82) is 0 Å². The maximum atomic E-state index is 6.02. The van der Waals surface area contributed by atoms with Crippen LogP contribution in [0.1, 0.15) is 44.4 Å². The molecule has 0 saturated heterocycles. The predicted molar refractivity (Wildman–Crippen MR) is 72.6 cm³/mol. The van der Waals surface area contributed by atoms with E-state index < -0.39 is 0 Å². The molecule has 1 saturated carbocycles. The fourth-order valence-electron chi connectivity index (χ4n) is 2.63. The van der Waals surface area contributed by atoms with E-state index in [0.29, 0.717) is 11.5 Å². The van der Waals surface area contributed by atoms with E-state index in [1.165, 1.54) is 30.6 Å². The Labute approximate surface area is 107 Å². The molecule has 90 valence electrons. The second-order valence-corrected chi connectivity index (χ2v) is 6.77. The van der Waals surface area contributed by atoms with Gasteiger partial charge < -0.3 is 5.32 Å². The van der Waals surface area contributed by atoms with Crippen molar-refractivity contribution in [2.75, 3.05) is 6.54 Å². The minimum Gasteiger partial charge on any atom is -0.314 e. The maximum Gasteiger partial charge on any atom is 0.0931 e. The van der Waals surface area contributed by atoms with Crippen LogP contribution in [-0.2, 0) is 5.41 Å². The first-order valence-corrected chi connectivity index (χ1v) is 7.33. The van der Waals surface area contributed by atoms with Gasteiger partial charge in [-0.1, -0.05) is 25.4 Å². The molecule has 3 heteroatoms. The summed E-state index contributed by atoms with van der Waals surface area (Å²) < 4.78 is 0.918. The molecule has 0 aliphatic heterocycles. The Morgan fingerprint density at radius 3 is 3.00 bits per heavy atom. The van der Waals surface area contributed by atoms with Crippen molar-refractivity contribution in [3.63, 3.8) is 0 Å². The van der Waals surface area contributed by atoms with Gasteiger partial charge in [0.1, 0.15) is 0 Å². The first-order chi connectivity index (χ1) is 7.64. The van der Waals surface area contributed by atoms with Gasteiger partial charge in [0.25, 0.3) is 0 Å². The number of halogens is 1. The summed E-state index contributed by atoms with van der Waals surface area (Å²) >= 11 is 7.77. The molecule has 1 aliphatic carbocycles. The second-order valence-electron chi connectivity index (χ2n) is 5.06. The Balaban J connectivity index is 2.00. The lowest BCUT2D eigenvalue weighted by atomic mass is 9.87. The van der Waals surface area contributed by atoms with Crippen LogP contribution in [0.5, 0.6) is 0 Å². The molecule has 1 aromatic heterocycles. The van der Waals surface area contributed by atoms with Crippen LogP contribution >= 0.6 is 22.9 Å². The molecule has 2 atom stereocenters.